The Kier molecular flexibility index (Phi) is 5.22. The van der Waals surface area contributed by atoms with Crippen LogP contribution in [-0.4, -0.2) is 29.9 Å². The van der Waals surface area contributed by atoms with Gasteiger partial charge in [-0.15, -0.1) is 0 Å². The van der Waals surface area contributed by atoms with Gasteiger partial charge in [0.05, 0.1) is 19.9 Å². The number of para-hydroxylation sites is 1. The molecule has 0 fully saturated rings. The van der Waals surface area contributed by atoms with E-state index in [0.717, 1.165) is 16.8 Å². The Labute approximate surface area is 152 Å². The summed E-state index contributed by atoms with van der Waals surface area (Å²) in [6.45, 7) is 2.27. The molecule has 0 aliphatic carbocycles. The molecule has 0 atom stereocenters. The summed E-state index contributed by atoms with van der Waals surface area (Å²) in [4.78, 5) is 12.6. The Morgan fingerprint density at radius 3 is 2.42 bits per heavy atom. The van der Waals surface area contributed by atoms with Crippen molar-refractivity contribution in [3.63, 3.8) is 0 Å². The lowest BCUT2D eigenvalue weighted by Crippen LogP contribution is -2.23. The van der Waals surface area contributed by atoms with Crippen molar-refractivity contribution in [1.29, 1.82) is 0 Å². The number of rotatable bonds is 6. The number of hydrogen-bond acceptors (Lipinski definition) is 4. The number of benzene rings is 2. The van der Waals surface area contributed by atoms with Crippen LogP contribution in [0.3, 0.4) is 0 Å². The molecule has 1 aromatic heterocycles. The molecule has 0 aliphatic heterocycles. The topological polar surface area (TPSA) is 65.4 Å². The van der Waals surface area contributed by atoms with E-state index in [4.69, 9.17) is 9.47 Å². The van der Waals surface area contributed by atoms with Gasteiger partial charge < -0.3 is 14.8 Å². The maximum absolute atomic E-state index is 12.6. The summed E-state index contributed by atoms with van der Waals surface area (Å²) in [5, 5.41) is 7.21. The molecule has 6 heteroatoms. The third-order valence-corrected chi connectivity index (χ3v) is 4.20. The van der Waals surface area contributed by atoms with Crippen molar-refractivity contribution in [3.05, 3.63) is 71.5 Å². The van der Waals surface area contributed by atoms with Crippen LogP contribution in [0.1, 0.15) is 21.5 Å². The standard InChI is InChI=1S/C20H21N3O3/c1-14-18(25-2)11-16(12-19(14)26-3)20(24)21-13-15-7-4-5-8-17(15)23-10-6-9-22-23/h4-12H,13H2,1-3H3,(H,21,24). The summed E-state index contributed by atoms with van der Waals surface area (Å²) >= 11 is 0. The van der Waals surface area contributed by atoms with Crippen LogP contribution in [0.25, 0.3) is 5.69 Å². The summed E-state index contributed by atoms with van der Waals surface area (Å²) in [5.74, 6) is 1.04. The minimum absolute atomic E-state index is 0.197. The Morgan fingerprint density at radius 2 is 1.81 bits per heavy atom. The van der Waals surface area contributed by atoms with Gasteiger partial charge in [-0.3, -0.25) is 4.79 Å². The fourth-order valence-corrected chi connectivity index (χ4v) is 2.79. The minimum atomic E-state index is -0.197. The molecule has 1 heterocycles. The molecule has 0 saturated carbocycles. The molecule has 3 rings (SSSR count). The van der Waals surface area contributed by atoms with Crippen molar-refractivity contribution in [2.24, 2.45) is 0 Å². The maximum atomic E-state index is 12.6. The van der Waals surface area contributed by atoms with Gasteiger partial charge in [-0.2, -0.15) is 5.10 Å². The van der Waals surface area contributed by atoms with Crippen LogP contribution in [0.15, 0.2) is 54.9 Å². The highest BCUT2D eigenvalue weighted by Gasteiger charge is 2.14. The monoisotopic (exact) mass is 351 g/mol. The van der Waals surface area contributed by atoms with Crippen molar-refractivity contribution in [2.75, 3.05) is 14.2 Å². The molecule has 6 nitrogen and oxygen atoms in total. The van der Waals surface area contributed by atoms with E-state index in [2.05, 4.69) is 10.4 Å². The number of nitrogens with zero attached hydrogens (tertiary/aromatic N) is 2. The quantitative estimate of drug-likeness (QED) is 0.741. The Hall–Kier alpha value is -3.28. The van der Waals surface area contributed by atoms with E-state index in [-0.39, 0.29) is 5.91 Å². The van der Waals surface area contributed by atoms with E-state index in [0.29, 0.717) is 23.6 Å². The molecule has 0 aliphatic rings. The van der Waals surface area contributed by atoms with Crippen LogP contribution in [0.5, 0.6) is 11.5 Å². The van der Waals surface area contributed by atoms with E-state index in [9.17, 15) is 4.79 Å². The predicted octanol–water partition coefficient (Wildman–Crippen LogP) is 3.13. The van der Waals surface area contributed by atoms with Crippen molar-refractivity contribution >= 4 is 5.91 Å². The smallest absolute Gasteiger partial charge is 0.251 e. The van der Waals surface area contributed by atoms with Gasteiger partial charge in [0, 0.05) is 30.1 Å². The van der Waals surface area contributed by atoms with E-state index in [1.165, 1.54) is 0 Å². The number of nitrogens with one attached hydrogen (secondary N) is 1. The lowest BCUT2D eigenvalue weighted by Gasteiger charge is -2.14. The zero-order valence-corrected chi connectivity index (χ0v) is 15.0. The number of carbonyl (C=O) groups is 1. The van der Waals surface area contributed by atoms with Gasteiger partial charge in [0.25, 0.3) is 5.91 Å². The average Bonchev–Trinajstić information content (AvgIpc) is 3.21. The van der Waals surface area contributed by atoms with E-state index in [1.54, 1.807) is 37.2 Å². The fraction of sp³-hybridized carbons (Fsp3) is 0.200. The molecule has 1 N–H and O–H groups in total. The van der Waals surface area contributed by atoms with Gasteiger partial charge >= 0.3 is 0 Å². The maximum Gasteiger partial charge on any atom is 0.251 e. The van der Waals surface area contributed by atoms with Crippen molar-refractivity contribution < 1.29 is 14.3 Å². The number of aromatic nitrogens is 2. The second-order valence-corrected chi connectivity index (χ2v) is 5.77. The van der Waals surface area contributed by atoms with Crippen LogP contribution in [-0.2, 0) is 6.54 Å². The fourth-order valence-electron chi connectivity index (χ4n) is 2.79. The second-order valence-electron chi connectivity index (χ2n) is 5.77. The zero-order chi connectivity index (χ0) is 18.5. The van der Waals surface area contributed by atoms with Crippen LogP contribution >= 0.6 is 0 Å². The summed E-state index contributed by atoms with van der Waals surface area (Å²) in [7, 11) is 3.15. The summed E-state index contributed by atoms with van der Waals surface area (Å²) < 4.78 is 12.5. The normalized spacial score (nSPS) is 10.4. The number of carbonyl (C=O) groups excluding carboxylic acids is 1. The first-order chi connectivity index (χ1) is 12.6. The summed E-state index contributed by atoms with van der Waals surface area (Å²) in [5.41, 5.74) is 3.24. The summed E-state index contributed by atoms with van der Waals surface area (Å²) in [6, 6.07) is 13.1. The van der Waals surface area contributed by atoms with Crippen LogP contribution < -0.4 is 14.8 Å². The van der Waals surface area contributed by atoms with E-state index < -0.39 is 0 Å². The van der Waals surface area contributed by atoms with Crippen LogP contribution in [0.2, 0.25) is 0 Å². The first-order valence-corrected chi connectivity index (χ1v) is 8.22. The molecule has 1 amide bonds. The molecule has 0 bridgehead atoms. The minimum Gasteiger partial charge on any atom is -0.496 e. The molecule has 0 radical (unpaired) electrons. The van der Waals surface area contributed by atoms with Crippen molar-refractivity contribution in [3.8, 4) is 17.2 Å². The van der Waals surface area contributed by atoms with Crippen LogP contribution in [0.4, 0.5) is 0 Å². The van der Waals surface area contributed by atoms with E-state index in [1.807, 2.05) is 43.5 Å². The van der Waals surface area contributed by atoms with Gasteiger partial charge in [-0.05, 0) is 36.8 Å². The molecule has 0 spiro atoms. The summed E-state index contributed by atoms with van der Waals surface area (Å²) in [6.07, 6.45) is 3.59. The molecule has 134 valence electrons. The molecule has 0 saturated heterocycles. The highest BCUT2D eigenvalue weighted by Crippen LogP contribution is 2.29. The molecule has 3 aromatic rings. The van der Waals surface area contributed by atoms with Gasteiger partial charge in [0.2, 0.25) is 0 Å². The van der Waals surface area contributed by atoms with Gasteiger partial charge in [0.15, 0.2) is 0 Å². The third-order valence-electron chi connectivity index (χ3n) is 4.20. The number of hydrogen-bond donors (Lipinski definition) is 1. The lowest BCUT2D eigenvalue weighted by atomic mass is 10.1. The largest absolute Gasteiger partial charge is 0.496 e. The first-order valence-electron chi connectivity index (χ1n) is 8.22. The van der Waals surface area contributed by atoms with Gasteiger partial charge in [-0.25, -0.2) is 4.68 Å². The SMILES string of the molecule is COc1cc(C(=O)NCc2ccccc2-n2cccn2)cc(OC)c1C. The molecule has 2 aromatic carbocycles. The lowest BCUT2D eigenvalue weighted by molar-refractivity contribution is 0.0950. The Morgan fingerprint density at radius 1 is 1.12 bits per heavy atom. The Balaban J connectivity index is 1.80. The average molecular weight is 351 g/mol. The van der Waals surface area contributed by atoms with Gasteiger partial charge in [-0.1, -0.05) is 18.2 Å². The van der Waals surface area contributed by atoms with Crippen molar-refractivity contribution in [1.82, 2.24) is 15.1 Å². The number of ether oxygens (including phenoxy) is 2. The molecular formula is C20H21N3O3. The first kappa shape index (κ1) is 17.5. The predicted molar refractivity (Wildman–Crippen MR) is 99.0 cm³/mol. The highest BCUT2D eigenvalue weighted by atomic mass is 16.5. The third kappa shape index (κ3) is 3.54. The highest BCUT2D eigenvalue weighted by molar-refractivity contribution is 5.95. The number of amides is 1. The zero-order valence-electron chi connectivity index (χ0n) is 15.0. The Bertz CT molecular complexity index is 879. The second kappa shape index (κ2) is 7.74. The molecule has 26 heavy (non-hydrogen) atoms. The van der Waals surface area contributed by atoms with Crippen molar-refractivity contribution in [2.45, 2.75) is 13.5 Å². The van der Waals surface area contributed by atoms with E-state index >= 15 is 0 Å². The van der Waals surface area contributed by atoms with Crippen LogP contribution in [0, 0.1) is 6.92 Å². The van der Waals surface area contributed by atoms with Gasteiger partial charge in [0.1, 0.15) is 11.5 Å². The molecule has 0 unspecified atom stereocenters. The number of methoxy groups -OCH3 is 2. The molecular weight excluding hydrogens is 330 g/mol.